The molecule has 0 heterocycles. The van der Waals surface area contributed by atoms with E-state index in [1.807, 2.05) is 24.3 Å². The number of carbonyl (C=O) groups is 1. The fourth-order valence-corrected chi connectivity index (χ4v) is 2.36. The third-order valence-electron chi connectivity index (χ3n) is 3.26. The number of para-hydroxylation sites is 1. The topological polar surface area (TPSA) is 47.6 Å². The average Bonchev–Trinajstić information content (AvgIpc) is 2.53. The lowest BCUT2D eigenvalue weighted by molar-refractivity contribution is -0.120. The van der Waals surface area contributed by atoms with E-state index in [4.69, 9.17) is 21.1 Å². The quantitative estimate of drug-likeness (QED) is 0.889. The first-order valence-electron chi connectivity index (χ1n) is 6.85. The highest BCUT2D eigenvalue weighted by Gasteiger charge is 2.10. The zero-order valence-electron chi connectivity index (χ0n) is 12.6. The summed E-state index contributed by atoms with van der Waals surface area (Å²) in [5.41, 5.74) is 1.68. The molecule has 0 aliphatic rings. The Balaban J connectivity index is 2.00. The van der Waals surface area contributed by atoms with Gasteiger partial charge in [-0.15, -0.1) is 0 Å². The maximum atomic E-state index is 12.1. The van der Waals surface area contributed by atoms with E-state index in [1.165, 1.54) is 0 Å². The number of hydrogen-bond donors (Lipinski definition) is 1. The molecule has 2 rings (SSSR count). The van der Waals surface area contributed by atoms with Gasteiger partial charge in [0.25, 0.3) is 0 Å². The zero-order chi connectivity index (χ0) is 15.9. The Bertz CT molecular complexity index is 658. The molecular weight excluding hydrogens is 302 g/mol. The molecule has 0 saturated heterocycles. The molecule has 1 N–H and O–H groups in total. The predicted octanol–water partition coefficient (Wildman–Crippen LogP) is 3.22. The molecule has 4 nitrogen and oxygen atoms in total. The standard InChI is InChI=1S/C17H18ClNO3/c1-21-15-6-4-3-5-12(15)10-17(20)19-11-13-9-14(18)7-8-16(13)22-2/h3-9H,10-11H2,1-2H3,(H,19,20). The molecule has 116 valence electrons. The van der Waals surface area contributed by atoms with E-state index in [2.05, 4.69) is 5.32 Å². The van der Waals surface area contributed by atoms with Gasteiger partial charge in [-0.05, 0) is 24.3 Å². The Morgan fingerprint density at radius 2 is 1.73 bits per heavy atom. The minimum atomic E-state index is -0.0912. The van der Waals surface area contributed by atoms with Crippen LogP contribution in [-0.4, -0.2) is 20.1 Å². The van der Waals surface area contributed by atoms with Gasteiger partial charge < -0.3 is 14.8 Å². The first-order valence-corrected chi connectivity index (χ1v) is 7.23. The Morgan fingerprint density at radius 1 is 1.05 bits per heavy atom. The van der Waals surface area contributed by atoms with Crippen LogP contribution in [0.15, 0.2) is 42.5 Å². The zero-order valence-corrected chi connectivity index (χ0v) is 13.3. The van der Waals surface area contributed by atoms with Crippen LogP contribution >= 0.6 is 11.6 Å². The summed E-state index contributed by atoms with van der Waals surface area (Å²) >= 11 is 5.97. The van der Waals surface area contributed by atoms with Crippen LogP contribution in [-0.2, 0) is 17.8 Å². The predicted molar refractivity (Wildman–Crippen MR) is 86.5 cm³/mol. The van der Waals surface area contributed by atoms with Gasteiger partial charge in [0.15, 0.2) is 0 Å². The lowest BCUT2D eigenvalue weighted by Crippen LogP contribution is -2.25. The average molecular weight is 320 g/mol. The Labute approximate surface area is 135 Å². The second-order valence-corrected chi connectivity index (χ2v) is 5.16. The normalized spacial score (nSPS) is 10.1. The molecule has 0 atom stereocenters. The van der Waals surface area contributed by atoms with Gasteiger partial charge in [0.05, 0.1) is 20.6 Å². The summed E-state index contributed by atoms with van der Waals surface area (Å²) in [5, 5.41) is 3.47. The van der Waals surface area contributed by atoms with Crippen molar-refractivity contribution in [2.75, 3.05) is 14.2 Å². The number of ether oxygens (including phenoxy) is 2. The van der Waals surface area contributed by atoms with Gasteiger partial charge in [-0.1, -0.05) is 29.8 Å². The first kappa shape index (κ1) is 16.2. The smallest absolute Gasteiger partial charge is 0.224 e. The van der Waals surface area contributed by atoms with Crippen LogP contribution in [0.3, 0.4) is 0 Å². The van der Waals surface area contributed by atoms with Crippen LogP contribution in [0.1, 0.15) is 11.1 Å². The van der Waals surface area contributed by atoms with Crippen molar-refractivity contribution < 1.29 is 14.3 Å². The van der Waals surface area contributed by atoms with Crippen molar-refractivity contribution in [3.8, 4) is 11.5 Å². The van der Waals surface area contributed by atoms with E-state index in [-0.39, 0.29) is 12.3 Å². The number of benzene rings is 2. The monoisotopic (exact) mass is 319 g/mol. The van der Waals surface area contributed by atoms with Gasteiger partial charge in [0.2, 0.25) is 5.91 Å². The minimum Gasteiger partial charge on any atom is -0.496 e. The van der Waals surface area contributed by atoms with Crippen LogP contribution < -0.4 is 14.8 Å². The molecule has 5 heteroatoms. The Hall–Kier alpha value is -2.20. The van der Waals surface area contributed by atoms with Gasteiger partial charge in [-0.2, -0.15) is 0 Å². The lowest BCUT2D eigenvalue weighted by atomic mass is 10.1. The molecule has 0 aromatic heterocycles. The fraction of sp³-hybridized carbons (Fsp3) is 0.235. The first-order chi connectivity index (χ1) is 10.6. The Morgan fingerprint density at radius 3 is 2.45 bits per heavy atom. The van der Waals surface area contributed by atoms with E-state index in [1.54, 1.807) is 32.4 Å². The number of carbonyl (C=O) groups excluding carboxylic acids is 1. The van der Waals surface area contributed by atoms with E-state index in [0.717, 1.165) is 11.1 Å². The number of methoxy groups -OCH3 is 2. The second kappa shape index (κ2) is 7.71. The lowest BCUT2D eigenvalue weighted by Gasteiger charge is -2.11. The summed E-state index contributed by atoms with van der Waals surface area (Å²) in [6.07, 6.45) is 0.257. The molecule has 1 amide bonds. The SMILES string of the molecule is COc1ccc(Cl)cc1CNC(=O)Cc1ccccc1OC. The van der Waals surface area contributed by atoms with Crippen LogP contribution in [0.2, 0.25) is 5.02 Å². The molecule has 0 unspecified atom stereocenters. The number of halogens is 1. The van der Waals surface area contributed by atoms with Gasteiger partial charge in [-0.25, -0.2) is 0 Å². The van der Waals surface area contributed by atoms with Crippen molar-refractivity contribution >= 4 is 17.5 Å². The molecule has 0 aliphatic heterocycles. The van der Waals surface area contributed by atoms with Gasteiger partial charge >= 0.3 is 0 Å². The highest BCUT2D eigenvalue weighted by molar-refractivity contribution is 6.30. The van der Waals surface area contributed by atoms with Gasteiger partial charge in [0, 0.05) is 22.7 Å². The van der Waals surface area contributed by atoms with E-state index >= 15 is 0 Å². The van der Waals surface area contributed by atoms with Crippen molar-refractivity contribution in [1.82, 2.24) is 5.32 Å². The summed E-state index contributed by atoms with van der Waals surface area (Å²) in [6, 6.07) is 12.8. The molecule has 0 saturated carbocycles. The third kappa shape index (κ3) is 4.15. The molecule has 0 spiro atoms. The molecule has 0 bridgehead atoms. The maximum absolute atomic E-state index is 12.1. The number of hydrogen-bond acceptors (Lipinski definition) is 3. The highest BCUT2D eigenvalue weighted by atomic mass is 35.5. The van der Waals surface area contributed by atoms with Crippen molar-refractivity contribution in [1.29, 1.82) is 0 Å². The summed E-state index contributed by atoms with van der Waals surface area (Å²) in [7, 11) is 3.18. The van der Waals surface area contributed by atoms with E-state index in [0.29, 0.717) is 23.1 Å². The molecule has 2 aromatic carbocycles. The van der Waals surface area contributed by atoms with Gasteiger partial charge in [0.1, 0.15) is 11.5 Å². The number of amides is 1. The third-order valence-corrected chi connectivity index (χ3v) is 3.50. The van der Waals surface area contributed by atoms with Crippen molar-refractivity contribution in [3.05, 3.63) is 58.6 Å². The van der Waals surface area contributed by atoms with Crippen LogP contribution in [0, 0.1) is 0 Å². The van der Waals surface area contributed by atoms with Crippen molar-refractivity contribution in [3.63, 3.8) is 0 Å². The molecule has 22 heavy (non-hydrogen) atoms. The largest absolute Gasteiger partial charge is 0.496 e. The van der Waals surface area contributed by atoms with Gasteiger partial charge in [-0.3, -0.25) is 4.79 Å². The molecule has 0 radical (unpaired) electrons. The highest BCUT2D eigenvalue weighted by Crippen LogP contribution is 2.22. The fourth-order valence-electron chi connectivity index (χ4n) is 2.16. The summed E-state index contributed by atoms with van der Waals surface area (Å²) < 4.78 is 10.5. The molecular formula is C17H18ClNO3. The molecule has 2 aromatic rings. The summed E-state index contributed by atoms with van der Waals surface area (Å²) in [4.78, 5) is 12.1. The van der Waals surface area contributed by atoms with Crippen molar-refractivity contribution in [2.24, 2.45) is 0 Å². The Kier molecular flexibility index (Phi) is 5.67. The maximum Gasteiger partial charge on any atom is 0.224 e. The second-order valence-electron chi connectivity index (χ2n) is 4.72. The van der Waals surface area contributed by atoms with Crippen LogP contribution in [0.25, 0.3) is 0 Å². The number of rotatable bonds is 6. The van der Waals surface area contributed by atoms with Crippen LogP contribution in [0.5, 0.6) is 11.5 Å². The molecule has 0 fully saturated rings. The molecule has 0 aliphatic carbocycles. The van der Waals surface area contributed by atoms with E-state index in [9.17, 15) is 4.79 Å². The van der Waals surface area contributed by atoms with Crippen molar-refractivity contribution in [2.45, 2.75) is 13.0 Å². The summed E-state index contributed by atoms with van der Waals surface area (Å²) in [6.45, 7) is 0.359. The summed E-state index contributed by atoms with van der Waals surface area (Å²) in [5.74, 6) is 1.31. The van der Waals surface area contributed by atoms with Crippen LogP contribution in [0.4, 0.5) is 0 Å². The van der Waals surface area contributed by atoms with E-state index < -0.39 is 0 Å². The minimum absolute atomic E-state index is 0.0912. The number of nitrogens with one attached hydrogen (secondary N) is 1.